The van der Waals surface area contributed by atoms with Gasteiger partial charge < -0.3 is 9.47 Å². The second kappa shape index (κ2) is 9.98. The Morgan fingerprint density at radius 2 is 1.68 bits per heavy atom. The van der Waals surface area contributed by atoms with Gasteiger partial charge in [-0.05, 0) is 56.4 Å². The van der Waals surface area contributed by atoms with E-state index in [4.69, 9.17) is 21.1 Å². The molecule has 0 radical (unpaired) electrons. The maximum Gasteiger partial charge on any atom is 0.174 e. The average Bonchev–Trinajstić information content (AvgIpc) is 2.60. The van der Waals surface area contributed by atoms with Crippen LogP contribution in [0.25, 0.3) is 0 Å². The minimum Gasteiger partial charge on any atom is -0.493 e. The first-order valence-corrected chi connectivity index (χ1v) is 9.93. The summed E-state index contributed by atoms with van der Waals surface area (Å²) in [5.41, 5.74) is 2.45. The second-order valence-electron chi connectivity index (χ2n) is 6.18. The molecule has 2 aromatic carbocycles. The summed E-state index contributed by atoms with van der Waals surface area (Å²) < 4.78 is 11.2. The number of rotatable bonds is 9. The zero-order chi connectivity index (χ0) is 18.2. The van der Waals surface area contributed by atoms with Crippen molar-refractivity contribution in [2.75, 3.05) is 14.2 Å². The molecule has 0 aliphatic rings. The van der Waals surface area contributed by atoms with Crippen LogP contribution >= 0.6 is 23.4 Å². The summed E-state index contributed by atoms with van der Waals surface area (Å²) in [5.74, 6) is 1.61. The molecule has 4 heteroatoms. The van der Waals surface area contributed by atoms with Gasteiger partial charge in [-0.25, -0.2) is 0 Å². The fourth-order valence-electron chi connectivity index (χ4n) is 2.84. The summed E-state index contributed by atoms with van der Waals surface area (Å²) in [6, 6.07) is 12.8. The molecule has 1 atom stereocenters. The highest BCUT2D eigenvalue weighted by Gasteiger charge is 2.15. The zero-order valence-electron chi connectivity index (χ0n) is 15.5. The molecule has 0 aromatic heterocycles. The zero-order valence-corrected chi connectivity index (χ0v) is 17.0. The van der Waals surface area contributed by atoms with E-state index >= 15 is 0 Å². The van der Waals surface area contributed by atoms with E-state index in [0.717, 1.165) is 47.6 Å². The van der Waals surface area contributed by atoms with Crippen molar-refractivity contribution in [1.82, 2.24) is 0 Å². The van der Waals surface area contributed by atoms with Crippen LogP contribution in [-0.2, 0) is 6.42 Å². The smallest absolute Gasteiger partial charge is 0.174 e. The third-order valence-electron chi connectivity index (χ3n) is 4.17. The molecule has 2 nitrogen and oxygen atoms in total. The van der Waals surface area contributed by atoms with Crippen LogP contribution in [0.2, 0.25) is 0 Å². The van der Waals surface area contributed by atoms with Crippen molar-refractivity contribution in [2.45, 2.75) is 54.7 Å². The van der Waals surface area contributed by atoms with Gasteiger partial charge in [0, 0.05) is 10.3 Å². The van der Waals surface area contributed by atoms with Gasteiger partial charge in [0.1, 0.15) is 0 Å². The molecule has 2 rings (SSSR count). The Hall–Kier alpha value is -1.32. The minimum absolute atomic E-state index is 0.258. The summed E-state index contributed by atoms with van der Waals surface area (Å²) in [4.78, 5) is 2.34. The Bertz CT molecular complexity index is 686. The highest BCUT2D eigenvalue weighted by molar-refractivity contribution is 7.99. The number of hydrogen-bond donors (Lipinski definition) is 0. The molecule has 0 aliphatic carbocycles. The molecule has 136 valence electrons. The Morgan fingerprint density at radius 3 is 2.36 bits per heavy atom. The maximum atomic E-state index is 6.04. The Balaban J connectivity index is 2.18. The van der Waals surface area contributed by atoms with Crippen molar-refractivity contribution in [3.8, 4) is 11.5 Å². The molecule has 25 heavy (non-hydrogen) atoms. The standard InChI is InChI=1S/C21H27ClO2S/c1-15-13-14-19(21(24-4)20(15)23-3)25-18-12-8-7-11-17(18)10-6-5-9-16(2)22/h7-8,11-14,16H,5-6,9-10H2,1-4H3. The molecule has 0 spiro atoms. The van der Waals surface area contributed by atoms with Crippen LogP contribution in [0.3, 0.4) is 0 Å². The largest absolute Gasteiger partial charge is 0.493 e. The van der Waals surface area contributed by atoms with Gasteiger partial charge in [0.05, 0.1) is 19.1 Å². The van der Waals surface area contributed by atoms with E-state index in [-0.39, 0.29) is 5.38 Å². The fourth-order valence-corrected chi connectivity index (χ4v) is 4.08. The van der Waals surface area contributed by atoms with Crippen LogP contribution in [0.5, 0.6) is 11.5 Å². The van der Waals surface area contributed by atoms with Crippen molar-refractivity contribution in [2.24, 2.45) is 0 Å². The molecule has 0 bridgehead atoms. The summed E-state index contributed by atoms with van der Waals surface area (Å²) in [6.45, 7) is 4.09. The van der Waals surface area contributed by atoms with E-state index < -0.39 is 0 Å². The molecule has 0 fully saturated rings. The topological polar surface area (TPSA) is 18.5 Å². The van der Waals surface area contributed by atoms with Gasteiger partial charge in [0.15, 0.2) is 11.5 Å². The third kappa shape index (κ3) is 5.58. The van der Waals surface area contributed by atoms with E-state index in [1.807, 2.05) is 6.92 Å². The van der Waals surface area contributed by atoms with E-state index in [1.54, 1.807) is 26.0 Å². The maximum absolute atomic E-state index is 6.04. The summed E-state index contributed by atoms with van der Waals surface area (Å²) in [6.07, 6.45) is 4.45. The van der Waals surface area contributed by atoms with Crippen LogP contribution in [0.15, 0.2) is 46.2 Å². The van der Waals surface area contributed by atoms with Gasteiger partial charge in [0.25, 0.3) is 0 Å². The summed E-state index contributed by atoms with van der Waals surface area (Å²) in [5, 5.41) is 0.258. The average molecular weight is 379 g/mol. The molecule has 2 aromatic rings. The van der Waals surface area contributed by atoms with Gasteiger partial charge in [-0.1, -0.05) is 42.4 Å². The molecule has 0 saturated heterocycles. The van der Waals surface area contributed by atoms with Crippen molar-refractivity contribution < 1.29 is 9.47 Å². The van der Waals surface area contributed by atoms with E-state index in [0.29, 0.717) is 0 Å². The van der Waals surface area contributed by atoms with Gasteiger partial charge in [-0.15, -0.1) is 11.6 Å². The number of alkyl halides is 1. The van der Waals surface area contributed by atoms with Crippen LogP contribution in [0.4, 0.5) is 0 Å². The van der Waals surface area contributed by atoms with Crippen molar-refractivity contribution in [3.63, 3.8) is 0 Å². The highest BCUT2D eigenvalue weighted by Crippen LogP contribution is 2.43. The Morgan fingerprint density at radius 1 is 0.960 bits per heavy atom. The lowest BCUT2D eigenvalue weighted by Crippen LogP contribution is -1.96. The normalized spacial score (nSPS) is 12.0. The number of benzene rings is 2. The molecule has 0 aliphatic heterocycles. The Kier molecular flexibility index (Phi) is 7.98. The predicted molar refractivity (Wildman–Crippen MR) is 108 cm³/mol. The summed E-state index contributed by atoms with van der Waals surface area (Å²) in [7, 11) is 3.38. The lowest BCUT2D eigenvalue weighted by atomic mass is 10.1. The number of ether oxygens (including phenoxy) is 2. The van der Waals surface area contributed by atoms with Gasteiger partial charge in [0.2, 0.25) is 0 Å². The van der Waals surface area contributed by atoms with Gasteiger partial charge >= 0.3 is 0 Å². The molecule has 1 unspecified atom stereocenters. The molecular formula is C21H27ClO2S. The first-order valence-electron chi connectivity index (χ1n) is 8.68. The molecule has 0 N–H and O–H groups in total. The monoisotopic (exact) mass is 378 g/mol. The van der Waals surface area contributed by atoms with Crippen LogP contribution in [0, 0.1) is 6.92 Å². The number of unbranched alkanes of at least 4 members (excludes halogenated alkanes) is 1. The molecule has 0 heterocycles. The first kappa shape index (κ1) is 20.0. The minimum atomic E-state index is 0.258. The van der Waals surface area contributed by atoms with E-state index in [1.165, 1.54) is 10.5 Å². The van der Waals surface area contributed by atoms with Crippen molar-refractivity contribution in [1.29, 1.82) is 0 Å². The number of methoxy groups -OCH3 is 2. The molecule has 0 saturated carbocycles. The second-order valence-corrected chi connectivity index (χ2v) is 8.01. The van der Waals surface area contributed by atoms with Crippen molar-refractivity contribution in [3.05, 3.63) is 47.5 Å². The lowest BCUT2D eigenvalue weighted by Gasteiger charge is -2.16. The third-order valence-corrected chi connectivity index (χ3v) is 5.55. The Labute approximate surface area is 160 Å². The van der Waals surface area contributed by atoms with Crippen LogP contribution < -0.4 is 9.47 Å². The van der Waals surface area contributed by atoms with E-state index in [9.17, 15) is 0 Å². The van der Waals surface area contributed by atoms with Crippen LogP contribution in [-0.4, -0.2) is 19.6 Å². The molecule has 0 amide bonds. The molecular weight excluding hydrogens is 352 g/mol. The number of hydrogen-bond acceptors (Lipinski definition) is 3. The van der Waals surface area contributed by atoms with E-state index in [2.05, 4.69) is 43.3 Å². The lowest BCUT2D eigenvalue weighted by molar-refractivity contribution is 0.346. The first-order chi connectivity index (χ1) is 12.1. The van der Waals surface area contributed by atoms with Crippen LogP contribution in [0.1, 0.15) is 37.3 Å². The van der Waals surface area contributed by atoms with Gasteiger partial charge in [-0.3, -0.25) is 0 Å². The van der Waals surface area contributed by atoms with Crippen molar-refractivity contribution >= 4 is 23.4 Å². The fraction of sp³-hybridized carbons (Fsp3) is 0.429. The predicted octanol–water partition coefficient (Wildman–Crippen LogP) is 6.50. The SMILES string of the molecule is COc1c(C)ccc(Sc2ccccc2CCCCC(C)Cl)c1OC. The highest BCUT2D eigenvalue weighted by atomic mass is 35.5. The number of aryl methyl sites for hydroxylation is 2. The number of halogens is 1. The van der Waals surface area contributed by atoms with Gasteiger partial charge in [-0.2, -0.15) is 0 Å². The quantitative estimate of drug-likeness (QED) is 0.366. The summed E-state index contributed by atoms with van der Waals surface area (Å²) >= 11 is 7.78.